The van der Waals surface area contributed by atoms with Crippen LogP contribution >= 0.6 is 0 Å². The number of aromatic nitrogens is 2. The van der Waals surface area contributed by atoms with E-state index in [1.807, 2.05) is 13.1 Å². The molecule has 0 saturated heterocycles. The van der Waals surface area contributed by atoms with Crippen LogP contribution in [0.1, 0.15) is 65.6 Å². The van der Waals surface area contributed by atoms with Crippen molar-refractivity contribution in [1.29, 1.82) is 0 Å². The summed E-state index contributed by atoms with van der Waals surface area (Å²) in [6.45, 7) is 8.82. The van der Waals surface area contributed by atoms with Crippen molar-refractivity contribution >= 4 is 11.6 Å². The van der Waals surface area contributed by atoms with Crippen LogP contribution in [0.3, 0.4) is 0 Å². The second-order valence-electron chi connectivity index (χ2n) is 7.42. The first-order valence-corrected chi connectivity index (χ1v) is 8.22. The Balaban J connectivity index is 2.15. The van der Waals surface area contributed by atoms with Crippen LogP contribution in [0, 0.1) is 5.92 Å². The third kappa shape index (κ3) is 4.58. The van der Waals surface area contributed by atoms with E-state index >= 15 is 0 Å². The van der Waals surface area contributed by atoms with Crippen LogP contribution in [0.15, 0.2) is 6.07 Å². The van der Waals surface area contributed by atoms with Crippen LogP contribution in [0.4, 0.5) is 11.6 Å². The number of hydrogen-bond donors (Lipinski definition) is 2. The molecule has 0 radical (unpaired) electrons. The molecule has 1 aliphatic rings. The zero-order valence-electron chi connectivity index (χ0n) is 14.2. The van der Waals surface area contributed by atoms with Crippen LogP contribution in [0.5, 0.6) is 0 Å². The third-order valence-electron chi connectivity index (χ3n) is 4.26. The van der Waals surface area contributed by atoms with Crippen molar-refractivity contribution in [2.24, 2.45) is 5.92 Å². The molecule has 1 aromatic rings. The number of anilines is 2. The van der Waals surface area contributed by atoms with Crippen molar-refractivity contribution < 1.29 is 0 Å². The van der Waals surface area contributed by atoms with Crippen molar-refractivity contribution in [1.82, 2.24) is 9.97 Å². The highest BCUT2D eigenvalue weighted by atomic mass is 15.1. The second kappa shape index (κ2) is 6.63. The monoisotopic (exact) mass is 290 g/mol. The quantitative estimate of drug-likeness (QED) is 0.819. The van der Waals surface area contributed by atoms with Crippen molar-refractivity contribution in [3.05, 3.63) is 11.9 Å². The molecule has 0 bridgehead atoms. The number of hydrogen-bond acceptors (Lipinski definition) is 4. The Morgan fingerprint density at radius 2 is 1.76 bits per heavy atom. The molecular formula is C17H30N4. The summed E-state index contributed by atoms with van der Waals surface area (Å²) in [6.07, 6.45) is 6.47. The number of rotatable bonds is 3. The molecular weight excluding hydrogens is 260 g/mol. The van der Waals surface area contributed by atoms with Gasteiger partial charge >= 0.3 is 0 Å². The first-order chi connectivity index (χ1) is 9.88. The van der Waals surface area contributed by atoms with E-state index in [0.29, 0.717) is 6.04 Å². The number of nitrogens with one attached hydrogen (secondary N) is 2. The van der Waals surface area contributed by atoms with Gasteiger partial charge < -0.3 is 10.6 Å². The van der Waals surface area contributed by atoms with Gasteiger partial charge in [0.25, 0.3) is 0 Å². The maximum absolute atomic E-state index is 4.73. The molecule has 1 aromatic heterocycles. The minimum absolute atomic E-state index is 0.0404. The minimum Gasteiger partial charge on any atom is -0.373 e. The Kier molecular flexibility index (Phi) is 5.07. The van der Waals surface area contributed by atoms with Gasteiger partial charge in [0.15, 0.2) is 0 Å². The van der Waals surface area contributed by atoms with Crippen molar-refractivity contribution in [2.45, 2.75) is 71.3 Å². The van der Waals surface area contributed by atoms with Gasteiger partial charge in [0, 0.05) is 24.6 Å². The molecule has 118 valence electrons. The molecule has 1 fully saturated rings. The Labute approximate surface area is 129 Å². The van der Waals surface area contributed by atoms with Gasteiger partial charge in [-0.2, -0.15) is 0 Å². The first kappa shape index (κ1) is 16.1. The average Bonchev–Trinajstić information content (AvgIpc) is 2.62. The summed E-state index contributed by atoms with van der Waals surface area (Å²) in [4.78, 5) is 9.32. The molecule has 2 atom stereocenters. The van der Waals surface area contributed by atoms with E-state index in [-0.39, 0.29) is 5.41 Å². The Hall–Kier alpha value is -1.32. The zero-order valence-corrected chi connectivity index (χ0v) is 14.2. The van der Waals surface area contributed by atoms with Gasteiger partial charge in [0.1, 0.15) is 17.5 Å². The predicted molar refractivity (Wildman–Crippen MR) is 89.9 cm³/mol. The fraction of sp³-hybridized carbons (Fsp3) is 0.765. The lowest BCUT2D eigenvalue weighted by atomic mass is 9.96. The zero-order chi connectivity index (χ0) is 15.5. The standard InChI is InChI=1S/C17H30N4/c1-12-7-6-8-13(10-9-12)19-15-11-14(18-5)20-16(21-15)17(2,3)4/h11-13H,6-10H2,1-5H3,(H2,18,19,20,21). The van der Waals surface area contributed by atoms with Crippen LogP contribution in [0.25, 0.3) is 0 Å². The molecule has 1 saturated carbocycles. The molecule has 0 spiro atoms. The minimum atomic E-state index is -0.0404. The first-order valence-electron chi connectivity index (χ1n) is 8.22. The van der Waals surface area contributed by atoms with Crippen LogP contribution in [-0.2, 0) is 5.41 Å². The summed E-state index contributed by atoms with van der Waals surface area (Å²) in [5.41, 5.74) is -0.0404. The summed E-state index contributed by atoms with van der Waals surface area (Å²) in [5.74, 6) is 3.59. The summed E-state index contributed by atoms with van der Waals surface area (Å²) >= 11 is 0. The summed E-state index contributed by atoms with van der Waals surface area (Å²) in [7, 11) is 1.91. The van der Waals surface area contributed by atoms with Gasteiger partial charge in [0.05, 0.1) is 0 Å². The predicted octanol–water partition coefficient (Wildman–Crippen LogP) is 4.20. The highest BCUT2D eigenvalue weighted by Crippen LogP contribution is 2.26. The fourth-order valence-electron chi connectivity index (χ4n) is 2.83. The lowest BCUT2D eigenvalue weighted by Gasteiger charge is -2.21. The van der Waals surface area contributed by atoms with Crippen molar-refractivity contribution in [3.63, 3.8) is 0 Å². The van der Waals surface area contributed by atoms with Crippen molar-refractivity contribution in [2.75, 3.05) is 17.7 Å². The molecule has 2 rings (SSSR count). The van der Waals surface area contributed by atoms with Gasteiger partial charge in [-0.1, -0.05) is 40.5 Å². The summed E-state index contributed by atoms with van der Waals surface area (Å²) in [6, 6.07) is 2.56. The Morgan fingerprint density at radius 1 is 1.05 bits per heavy atom. The lowest BCUT2D eigenvalue weighted by Crippen LogP contribution is -2.22. The van der Waals surface area contributed by atoms with E-state index in [1.165, 1.54) is 32.1 Å². The molecule has 1 heterocycles. The van der Waals surface area contributed by atoms with Crippen molar-refractivity contribution in [3.8, 4) is 0 Å². The van der Waals surface area contributed by atoms with E-state index in [9.17, 15) is 0 Å². The van der Waals surface area contributed by atoms with Gasteiger partial charge in [-0.3, -0.25) is 0 Å². The fourth-order valence-corrected chi connectivity index (χ4v) is 2.83. The Bertz CT molecular complexity index is 464. The van der Waals surface area contributed by atoms with Gasteiger partial charge in [-0.05, 0) is 25.2 Å². The van der Waals surface area contributed by atoms with Gasteiger partial charge in [-0.25, -0.2) is 9.97 Å². The molecule has 21 heavy (non-hydrogen) atoms. The average molecular weight is 290 g/mol. The highest BCUT2D eigenvalue weighted by Gasteiger charge is 2.21. The molecule has 0 aromatic carbocycles. The highest BCUT2D eigenvalue weighted by molar-refractivity contribution is 5.48. The maximum atomic E-state index is 4.73. The SMILES string of the molecule is CNc1cc(NC2CCCC(C)CC2)nc(C(C)(C)C)n1. The molecule has 0 amide bonds. The van der Waals surface area contributed by atoms with E-state index in [0.717, 1.165) is 23.4 Å². The third-order valence-corrected chi connectivity index (χ3v) is 4.26. The molecule has 0 aliphatic heterocycles. The van der Waals surface area contributed by atoms with E-state index in [4.69, 9.17) is 4.98 Å². The van der Waals surface area contributed by atoms with E-state index in [1.54, 1.807) is 0 Å². The molecule has 4 heteroatoms. The topological polar surface area (TPSA) is 49.8 Å². The van der Waals surface area contributed by atoms with E-state index in [2.05, 4.69) is 43.3 Å². The second-order valence-corrected chi connectivity index (χ2v) is 7.42. The van der Waals surface area contributed by atoms with Gasteiger partial charge in [0.2, 0.25) is 0 Å². The van der Waals surface area contributed by atoms with E-state index < -0.39 is 0 Å². The molecule has 4 nitrogen and oxygen atoms in total. The summed E-state index contributed by atoms with van der Waals surface area (Å²) < 4.78 is 0. The molecule has 2 N–H and O–H groups in total. The van der Waals surface area contributed by atoms with Crippen LogP contribution in [-0.4, -0.2) is 23.1 Å². The lowest BCUT2D eigenvalue weighted by molar-refractivity contribution is 0.501. The van der Waals surface area contributed by atoms with Gasteiger partial charge in [-0.15, -0.1) is 0 Å². The molecule has 1 aliphatic carbocycles. The van der Waals surface area contributed by atoms with Crippen LogP contribution < -0.4 is 10.6 Å². The molecule has 2 unspecified atom stereocenters. The largest absolute Gasteiger partial charge is 0.373 e. The normalized spacial score (nSPS) is 23.5. The maximum Gasteiger partial charge on any atom is 0.138 e. The number of nitrogens with zero attached hydrogens (tertiary/aromatic N) is 2. The Morgan fingerprint density at radius 3 is 2.43 bits per heavy atom. The summed E-state index contributed by atoms with van der Waals surface area (Å²) in [5, 5.41) is 6.78. The smallest absolute Gasteiger partial charge is 0.138 e. The van der Waals surface area contributed by atoms with Crippen LogP contribution in [0.2, 0.25) is 0 Å².